The second-order valence-electron chi connectivity index (χ2n) is 6.14. The predicted octanol–water partition coefficient (Wildman–Crippen LogP) is 4.78. The molecule has 0 radical (unpaired) electrons. The van der Waals surface area contributed by atoms with Crippen molar-refractivity contribution in [2.45, 2.75) is 33.1 Å². The molecule has 0 spiro atoms. The third-order valence-corrected chi connectivity index (χ3v) is 4.47. The van der Waals surface area contributed by atoms with Gasteiger partial charge in [0, 0.05) is 23.8 Å². The zero-order valence-corrected chi connectivity index (χ0v) is 14.8. The summed E-state index contributed by atoms with van der Waals surface area (Å²) in [6.45, 7) is 4.23. The molecule has 3 rings (SSSR count). The fraction of sp³-hybridized carbons (Fsp3) is 0.227. The van der Waals surface area contributed by atoms with Crippen molar-refractivity contribution < 1.29 is 4.79 Å². The van der Waals surface area contributed by atoms with Crippen molar-refractivity contribution >= 4 is 11.6 Å². The van der Waals surface area contributed by atoms with Gasteiger partial charge >= 0.3 is 0 Å². The molecule has 1 heterocycles. The number of amides is 1. The Hall–Kier alpha value is -2.81. The number of hydrogen-bond donors (Lipinski definition) is 1. The Morgan fingerprint density at radius 1 is 0.880 bits per heavy atom. The second-order valence-corrected chi connectivity index (χ2v) is 6.14. The Balaban J connectivity index is 1.71. The van der Waals surface area contributed by atoms with Crippen LogP contribution in [-0.4, -0.2) is 10.5 Å². The largest absolute Gasteiger partial charge is 0.325 e. The number of aromatic nitrogens is 1. The van der Waals surface area contributed by atoms with E-state index in [0.717, 1.165) is 29.8 Å². The average Bonchev–Trinajstić information content (AvgIpc) is 3.17. The Morgan fingerprint density at radius 3 is 2.04 bits per heavy atom. The Kier molecular flexibility index (Phi) is 5.34. The first-order valence-corrected chi connectivity index (χ1v) is 8.84. The monoisotopic (exact) mass is 332 g/mol. The van der Waals surface area contributed by atoms with Crippen LogP contribution in [0.25, 0.3) is 5.69 Å². The summed E-state index contributed by atoms with van der Waals surface area (Å²) in [5, 5.41) is 3.13. The van der Waals surface area contributed by atoms with Crippen LogP contribution in [0.4, 0.5) is 5.69 Å². The molecule has 0 aliphatic heterocycles. The maximum atomic E-state index is 12.5. The molecule has 0 saturated carbocycles. The summed E-state index contributed by atoms with van der Waals surface area (Å²) < 4.78 is 2.05. The smallest absolute Gasteiger partial charge is 0.228 e. The molecule has 3 heteroatoms. The lowest BCUT2D eigenvalue weighted by molar-refractivity contribution is -0.115. The zero-order chi connectivity index (χ0) is 17.6. The minimum Gasteiger partial charge on any atom is -0.325 e. The van der Waals surface area contributed by atoms with Crippen molar-refractivity contribution in [3.05, 3.63) is 83.7 Å². The first-order chi connectivity index (χ1) is 12.2. The number of benzene rings is 2. The van der Waals surface area contributed by atoms with Gasteiger partial charge in [0.15, 0.2) is 0 Å². The van der Waals surface area contributed by atoms with Crippen molar-refractivity contribution in [2.24, 2.45) is 0 Å². The van der Waals surface area contributed by atoms with Crippen molar-refractivity contribution in [3.8, 4) is 5.69 Å². The van der Waals surface area contributed by atoms with E-state index in [2.05, 4.69) is 41.9 Å². The predicted molar refractivity (Wildman–Crippen MR) is 103 cm³/mol. The average molecular weight is 332 g/mol. The molecule has 1 aromatic heterocycles. The molecule has 3 nitrogen and oxygen atoms in total. The van der Waals surface area contributed by atoms with E-state index in [1.807, 2.05) is 48.8 Å². The van der Waals surface area contributed by atoms with Gasteiger partial charge in [-0.05, 0) is 53.8 Å². The molecule has 2 aromatic carbocycles. The fourth-order valence-electron chi connectivity index (χ4n) is 3.06. The van der Waals surface area contributed by atoms with E-state index >= 15 is 0 Å². The third kappa shape index (κ3) is 4.00. The standard InChI is InChI=1S/C22H24N2O/c1-3-18-8-7-9-19(4-2)22(18)23-21(25)16-17-10-12-20(13-11-17)24-14-5-6-15-24/h5-15H,3-4,16H2,1-2H3,(H,23,25). The van der Waals surface area contributed by atoms with E-state index in [9.17, 15) is 4.79 Å². The molecule has 128 valence electrons. The van der Waals surface area contributed by atoms with Crippen molar-refractivity contribution in [2.75, 3.05) is 5.32 Å². The lowest BCUT2D eigenvalue weighted by Crippen LogP contribution is -2.17. The summed E-state index contributed by atoms with van der Waals surface area (Å²) in [6.07, 6.45) is 6.22. The molecule has 0 unspecified atom stereocenters. The number of rotatable bonds is 6. The number of nitrogens with one attached hydrogen (secondary N) is 1. The van der Waals surface area contributed by atoms with Crippen LogP contribution < -0.4 is 5.32 Å². The maximum Gasteiger partial charge on any atom is 0.228 e. The van der Waals surface area contributed by atoms with E-state index in [4.69, 9.17) is 0 Å². The van der Waals surface area contributed by atoms with Gasteiger partial charge in [-0.25, -0.2) is 0 Å². The van der Waals surface area contributed by atoms with Gasteiger partial charge in [-0.1, -0.05) is 44.2 Å². The molecule has 0 fully saturated rings. The van der Waals surface area contributed by atoms with Crippen molar-refractivity contribution in [1.82, 2.24) is 4.57 Å². The molecular formula is C22H24N2O. The summed E-state index contributed by atoms with van der Waals surface area (Å²) in [7, 11) is 0. The van der Waals surface area contributed by atoms with Gasteiger partial charge in [-0.3, -0.25) is 4.79 Å². The Labute approximate surface area is 149 Å². The first-order valence-electron chi connectivity index (χ1n) is 8.84. The highest BCUT2D eigenvalue weighted by atomic mass is 16.1. The van der Waals surface area contributed by atoms with Gasteiger partial charge in [0.05, 0.1) is 6.42 Å². The van der Waals surface area contributed by atoms with Gasteiger partial charge in [-0.15, -0.1) is 0 Å². The van der Waals surface area contributed by atoms with Crippen molar-refractivity contribution in [1.29, 1.82) is 0 Å². The van der Waals surface area contributed by atoms with Crippen LogP contribution in [0, 0.1) is 0 Å². The number of aryl methyl sites for hydroxylation is 2. The SMILES string of the molecule is CCc1cccc(CC)c1NC(=O)Cc1ccc(-n2cccc2)cc1. The van der Waals surface area contributed by atoms with Gasteiger partial charge in [0.2, 0.25) is 5.91 Å². The van der Waals surface area contributed by atoms with Crippen molar-refractivity contribution in [3.63, 3.8) is 0 Å². The molecule has 3 aromatic rings. The second kappa shape index (κ2) is 7.84. The zero-order valence-electron chi connectivity index (χ0n) is 14.8. The minimum absolute atomic E-state index is 0.0318. The first kappa shape index (κ1) is 17.0. The topological polar surface area (TPSA) is 34.0 Å². The molecule has 0 saturated heterocycles. The number of carbonyl (C=O) groups excluding carboxylic acids is 1. The molecule has 0 atom stereocenters. The highest BCUT2D eigenvalue weighted by Gasteiger charge is 2.10. The molecule has 1 amide bonds. The fourth-order valence-corrected chi connectivity index (χ4v) is 3.06. The van der Waals surface area contributed by atoms with E-state index < -0.39 is 0 Å². The highest BCUT2D eigenvalue weighted by molar-refractivity contribution is 5.93. The van der Waals surface area contributed by atoms with Gasteiger partial charge in [-0.2, -0.15) is 0 Å². The molecular weight excluding hydrogens is 308 g/mol. The summed E-state index contributed by atoms with van der Waals surface area (Å²) in [4.78, 5) is 12.5. The summed E-state index contributed by atoms with van der Waals surface area (Å²) >= 11 is 0. The van der Waals surface area contributed by atoms with Crippen LogP contribution in [0.3, 0.4) is 0 Å². The number of carbonyl (C=O) groups is 1. The van der Waals surface area contributed by atoms with Crippen LogP contribution in [0.5, 0.6) is 0 Å². The van der Waals surface area contributed by atoms with E-state index in [1.165, 1.54) is 11.1 Å². The van der Waals surface area contributed by atoms with Crippen LogP contribution in [0.15, 0.2) is 67.0 Å². The summed E-state index contributed by atoms with van der Waals surface area (Å²) in [5.74, 6) is 0.0318. The number of hydrogen-bond acceptors (Lipinski definition) is 1. The normalized spacial score (nSPS) is 10.6. The van der Waals surface area contributed by atoms with Crippen LogP contribution in [0.1, 0.15) is 30.5 Å². The van der Waals surface area contributed by atoms with Gasteiger partial charge < -0.3 is 9.88 Å². The lowest BCUT2D eigenvalue weighted by atomic mass is 10.0. The quantitative estimate of drug-likeness (QED) is 0.692. The molecule has 0 aliphatic rings. The molecule has 1 N–H and O–H groups in total. The Bertz CT molecular complexity index is 811. The number of nitrogens with zero attached hydrogens (tertiary/aromatic N) is 1. The number of anilines is 1. The van der Waals surface area contributed by atoms with Gasteiger partial charge in [0.25, 0.3) is 0 Å². The molecule has 25 heavy (non-hydrogen) atoms. The molecule has 0 aliphatic carbocycles. The summed E-state index contributed by atoms with van der Waals surface area (Å²) in [5.41, 5.74) is 5.48. The lowest BCUT2D eigenvalue weighted by Gasteiger charge is -2.14. The summed E-state index contributed by atoms with van der Waals surface area (Å²) in [6, 6.07) is 18.3. The Morgan fingerprint density at radius 2 is 1.48 bits per heavy atom. The third-order valence-electron chi connectivity index (χ3n) is 4.47. The van der Waals surface area contributed by atoms with E-state index in [1.54, 1.807) is 0 Å². The van der Waals surface area contributed by atoms with Crippen LogP contribution >= 0.6 is 0 Å². The van der Waals surface area contributed by atoms with Crippen LogP contribution in [-0.2, 0) is 24.1 Å². The minimum atomic E-state index is 0.0318. The van der Waals surface area contributed by atoms with E-state index in [0.29, 0.717) is 6.42 Å². The van der Waals surface area contributed by atoms with E-state index in [-0.39, 0.29) is 5.91 Å². The highest BCUT2D eigenvalue weighted by Crippen LogP contribution is 2.23. The maximum absolute atomic E-state index is 12.5. The number of para-hydroxylation sites is 1. The van der Waals surface area contributed by atoms with Gasteiger partial charge in [0.1, 0.15) is 0 Å². The van der Waals surface area contributed by atoms with Crippen LogP contribution in [0.2, 0.25) is 0 Å². The molecule has 0 bridgehead atoms.